The highest BCUT2D eigenvalue weighted by atomic mass is 16.4. The zero-order chi connectivity index (χ0) is 17.6. The van der Waals surface area contributed by atoms with Crippen molar-refractivity contribution in [1.29, 1.82) is 0 Å². The summed E-state index contributed by atoms with van der Waals surface area (Å²) in [4.78, 5) is 12.5. The second-order valence-electron chi connectivity index (χ2n) is 7.95. The molecule has 2 aromatic heterocycles. The first-order valence-electron chi connectivity index (χ1n) is 9.40. The molecular formula is C20H27N3O2. The van der Waals surface area contributed by atoms with E-state index in [-0.39, 0.29) is 11.9 Å². The van der Waals surface area contributed by atoms with Crippen LogP contribution >= 0.6 is 0 Å². The van der Waals surface area contributed by atoms with E-state index in [0.717, 1.165) is 29.0 Å². The molecule has 134 valence electrons. The Morgan fingerprint density at radius 1 is 1.36 bits per heavy atom. The monoisotopic (exact) mass is 341 g/mol. The second-order valence-corrected chi connectivity index (χ2v) is 7.95. The minimum Gasteiger partial charge on any atom is -0.454 e. The van der Waals surface area contributed by atoms with Crippen molar-refractivity contribution in [3.63, 3.8) is 0 Å². The number of rotatable bonds is 5. The molecule has 1 amide bonds. The minimum atomic E-state index is -0.102. The Kier molecular flexibility index (Phi) is 4.18. The quantitative estimate of drug-likeness (QED) is 0.902. The number of nitrogens with one attached hydrogen (secondary N) is 1. The van der Waals surface area contributed by atoms with Gasteiger partial charge in [0.2, 0.25) is 0 Å². The molecule has 2 aliphatic carbocycles. The molecule has 25 heavy (non-hydrogen) atoms. The van der Waals surface area contributed by atoms with E-state index in [1.54, 1.807) is 6.07 Å². The van der Waals surface area contributed by atoms with Gasteiger partial charge in [-0.1, -0.05) is 6.42 Å². The molecule has 0 aliphatic heterocycles. The Labute approximate surface area is 148 Å². The molecule has 0 aromatic carbocycles. The maximum Gasteiger partial charge on any atom is 0.287 e. The Morgan fingerprint density at radius 2 is 2.20 bits per heavy atom. The summed E-state index contributed by atoms with van der Waals surface area (Å²) in [6.07, 6.45) is 5.35. The average molecular weight is 341 g/mol. The maximum absolute atomic E-state index is 12.5. The molecule has 0 radical (unpaired) electrons. The lowest BCUT2D eigenvalue weighted by molar-refractivity contribution is 0.0885. The van der Waals surface area contributed by atoms with Crippen molar-refractivity contribution in [2.45, 2.75) is 59.0 Å². The summed E-state index contributed by atoms with van der Waals surface area (Å²) in [5, 5.41) is 7.60. The van der Waals surface area contributed by atoms with E-state index < -0.39 is 0 Å². The van der Waals surface area contributed by atoms with Gasteiger partial charge in [0.05, 0.1) is 12.2 Å². The van der Waals surface area contributed by atoms with Crippen molar-refractivity contribution in [1.82, 2.24) is 15.1 Å². The van der Waals surface area contributed by atoms with E-state index in [4.69, 9.17) is 4.42 Å². The molecule has 2 aliphatic rings. The third-order valence-electron chi connectivity index (χ3n) is 6.09. The van der Waals surface area contributed by atoms with Crippen molar-refractivity contribution < 1.29 is 9.21 Å². The number of nitrogens with zero attached hydrogens (tertiary/aromatic N) is 2. The fraction of sp³-hybridized carbons (Fsp3) is 0.600. The normalized spacial score (nSPS) is 26.1. The Bertz CT molecular complexity index is 776. The van der Waals surface area contributed by atoms with Crippen molar-refractivity contribution in [3.05, 3.63) is 41.1 Å². The molecule has 4 atom stereocenters. The van der Waals surface area contributed by atoms with Gasteiger partial charge >= 0.3 is 0 Å². The lowest BCUT2D eigenvalue weighted by Crippen LogP contribution is -2.40. The largest absolute Gasteiger partial charge is 0.454 e. The number of carbonyl (C=O) groups is 1. The second kappa shape index (κ2) is 6.36. The van der Waals surface area contributed by atoms with Gasteiger partial charge in [0.15, 0.2) is 5.76 Å². The molecule has 5 heteroatoms. The molecule has 1 N–H and O–H groups in total. The molecule has 5 nitrogen and oxygen atoms in total. The summed E-state index contributed by atoms with van der Waals surface area (Å²) < 4.78 is 7.66. The molecule has 2 bridgehead atoms. The topological polar surface area (TPSA) is 60.1 Å². The van der Waals surface area contributed by atoms with Crippen LogP contribution in [0.5, 0.6) is 0 Å². The Hall–Kier alpha value is -2.04. The molecule has 2 heterocycles. The van der Waals surface area contributed by atoms with Crippen LogP contribution in [0.4, 0.5) is 0 Å². The van der Waals surface area contributed by atoms with Crippen molar-refractivity contribution >= 4 is 5.91 Å². The third kappa shape index (κ3) is 3.24. The van der Waals surface area contributed by atoms with Crippen molar-refractivity contribution in [2.75, 3.05) is 0 Å². The first-order chi connectivity index (χ1) is 12.0. The van der Waals surface area contributed by atoms with Gasteiger partial charge in [-0.15, -0.1) is 0 Å². The number of aryl methyl sites for hydroxylation is 2. The van der Waals surface area contributed by atoms with Crippen LogP contribution in [0.15, 0.2) is 22.6 Å². The van der Waals surface area contributed by atoms with Crippen LogP contribution < -0.4 is 5.32 Å². The van der Waals surface area contributed by atoms with Crippen molar-refractivity contribution in [3.8, 4) is 0 Å². The van der Waals surface area contributed by atoms with Crippen LogP contribution in [0, 0.1) is 31.6 Å². The van der Waals surface area contributed by atoms with Crippen LogP contribution in [-0.4, -0.2) is 21.7 Å². The fourth-order valence-electron chi connectivity index (χ4n) is 4.86. The van der Waals surface area contributed by atoms with E-state index in [9.17, 15) is 4.79 Å². The Morgan fingerprint density at radius 3 is 2.84 bits per heavy atom. The molecule has 2 saturated carbocycles. The summed E-state index contributed by atoms with van der Waals surface area (Å²) >= 11 is 0. The summed E-state index contributed by atoms with van der Waals surface area (Å²) in [5.41, 5.74) is 2.08. The number of hydrogen-bond acceptors (Lipinski definition) is 3. The number of hydrogen-bond donors (Lipinski definition) is 1. The predicted octanol–water partition coefficient (Wildman–Crippen LogP) is 3.70. The van der Waals surface area contributed by atoms with Crippen LogP contribution in [0.25, 0.3) is 0 Å². The fourth-order valence-corrected chi connectivity index (χ4v) is 4.86. The van der Waals surface area contributed by atoms with Crippen molar-refractivity contribution in [2.24, 2.45) is 17.8 Å². The average Bonchev–Trinajstić information content (AvgIpc) is 3.33. The van der Waals surface area contributed by atoms with E-state index in [1.807, 2.05) is 30.7 Å². The smallest absolute Gasteiger partial charge is 0.287 e. The van der Waals surface area contributed by atoms with E-state index in [2.05, 4.69) is 17.3 Å². The highest BCUT2D eigenvalue weighted by molar-refractivity contribution is 5.91. The van der Waals surface area contributed by atoms with E-state index in [1.165, 1.54) is 25.7 Å². The number of carbonyl (C=O) groups excluding carboxylic acids is 1. The van der Waals surface area contributed by atoms with Gasteiger partial charge in [-0.2, -0.15) is 5.10 Å². The third-order valence-corrected chi connectivity index (χ3v) is 6.09. The lowest BCUT2D eigenvalue weighted by Gasteiger charge is -2.28. The van der Waals surface area contributed by atoms with Crippen LogP contribution in [0.3, 0.4) is 0 Å². The van der Waals surface area contributed by atoms with Gasteiger partial charge in [-0.3, -0.25) is 9.48 Å². The molecule has 0 unspecified atom stereocenters. The summed E-state index contributed by atoms with van der Waals surface area (Å²) in [5.74, 6) is 3.38. The zero-order valence-electron chi connectivity index (χ0n) is 15.3. The van der Waals surface area contributed by atoms with Gasteiger partial charge < -0.3 is 9.73 Å². The number of aromatic nitrogens is 2. The predicted molar refractivity (Wildman–Crippen MR) is 95.4 cm³/mol. The van der Waals surface area contributed by atoms with Gasteiger partial charge in [0.1, 0.15) is 5.76 Å². The first-order valence-corrected chi connectivity index (χ1v) is 9.40. The number of fused-ring (bicyclic) bond motifs is 2. The number of furan rings is 1. The van der Waals surface area contributed by atoms with Gasteiger partial charge in [-0.05, 0) is 76.0 Å². The van der Waals surface area contributed by atoms with Gasteiger partial charge in [0.25, 0.3) is 5.91 Å². The van der Waals surface area contributed by atoms with Crippen LogP contribution in [0.2, 0.25) is 0 Å². The summed E-state index contributed by atoms with van der Waals surface area (Å²) in [6, 6.07) is 5.89. The van der Waals surface area contributed by atoms with Gasteiger partial charge in [-0.25, -0.2) is 0 Å². The lowest BCUT2D eigenvalue weighted by atomic mass is 9.84. The number of amides is 1. The highest BCUT2D eigenvalue weighted by Gasteiger charge is 2.42. The van der Waals surface area contributed by atoms with E-state index >= 15 is 0 Å². The van der Waals surface area contributed by atoms with Crippen LogP contribution in [-0.2, 0) is 6.54 Å². The maximum atomic E-state index is 12.5. The highest BCUT2D eigenvalue weighted by Crippen LogP contribution is 2.49. The Balaban J connectivity index is 1.38. The van der Waals surface area contributed by atoms with Gasteiger partial charge in [0, 0.05) is 11.7 Å². The summed E-state index contributed by atoms with van der Waals surface area (Å²) in [7, 11) is 0. The SMILES string of the molecule is Cc1cc(C)n(Cc2ccc(C(=O)N[C@@H](C)[C@@H]3C[C@H]4CC[C@H]3C4)o2)n1. The molecule has 0 spiro atoms. The van der Waals surface area contributed by atoms with Crippen LogP contribution in [0.1, 0.15) is 60.3 Å². The molecule has 2 fully saturated rings. The zero-order valence-corrected chi connectivity index (χ0v) is 15.3. The molecular weight excluding hydrogens is 314 g/mol. The minimum absolute atomic E-state index is 0.102. The molecule has 4 rings (SSSR count). The van der Waals surface area contributed by atoms with E-state index in [0.29, 0.717) is 18.2 Å². The molecule has 0 saturated heterocycles. The summed E-state index contributed by atoms with van der Waals surface area (Å²) in [6.45, 7) is 6.69. The first kappa shape index (κ1) is 16.4. The molecule has 2 aromatic rings. The standard InChI is InChI=1S/C20H27N3O2/c1-12-8-13(2)23(22-12)11-17-6-7-19(25-17)20(24)21-14(3)18-10-15-4-5-16(18)9-15/h6-8,14-16,18H,4-5,9-11H2,1-3H3,(H,21,24)/t14-,15-,16-,18-/m0/s1.